The molecular formula is C52H51BrO6S2. The normalized spacial score (nSPS) is 21.1. The van der Waals surface area contributed by atoms with Crippen molar-refractivity contribution in [2.45, 2.75) is 67.5 Å². The summed E-state index contributed by atoms with van der Waals surface area (Å²) in [5, 5.41) is 12.3. The van der Waals surface area contributed by atoms with Crippen molar-refractivity contribution in [2.24, 2.45) is 0 Å². The number of ketones is 1. The summed E-state index contributed by atoms with van der Waals surface area (Å²) in [6, 6.07) is 45.4. The molecule has 10 rings (SSSR count). The van der Waals surface area contributed by atoms with E-state index in [1.165, 1.54) is 22.3 Å². The minimum atomic E-state index is -1.10. The molecule has 4 aliphatic rings. The SMILES string of the molecule is Brc1ccc(C2OCCO2)cc1.Cc1ccc(C2CSc3cc(C)ccc3C2(O)c2ccc(C3OCCO3)cc2)cc1.Cc1ccc(C2CSc3cc(C)ccc3C2=O)cc1. The second-order valence-electron chi connectivity index (χ2n) is 16.0. The Morgan fingerprint density at radius 3 is 1.57 bits per heavy atom. The number of aliphatic hydroxyl groups is 1. The smallest absolute Gasteiger partial charge is 0.184 e. The molecule has 0 bridgehead atoms. The fourth-order valence-corrected chi connectivity index (χ4v) is 11.1. The van der Waals surface area contributed by atoms with Gasteiger partial charge in [0.2, 0.25) is 0 Å². The molecule has 3 atom stereocenters. The molecule has 61 heavy (non-hydrogen) atoms. The first-order chi connectivity index (χ1) is 29.6. The molecule has 0 aromatic heterocycles. The number of hydrogen-bond donors (Lipinski definition) is 1. The average Bonchev–Trinajstić information content (AvgIpc) is 4.02. The van der Waals surface area contributed by atoms with Gasteiger partial charge in [0.05, 0.1) is 32.3 Å². The number of hydrogen-bond acceptors (Lipinski definition) is 8. The lowest BCUT2D eigenvalue weighted by Crippen LogP contribution is -2.39. The van der Waals surface area contributed by atoms with Crippen LogP contribution in [0.15, 0.2) is 148 Å². The number of carbonyl (C=O) groups is 1. The van der Waals surface area contributed by atoms with Crippen LogP contribution in [0.25, 0.3) is 0 Å². The van der Waals surface area contributed by atoms with Crippen LogP contribution >= 0.6 is 39.5 Å². The Labute approximate surface area is 376 Å². The molecule has 1 N–H and O–H groups in total. The number of carbonyl (C=O) groups excluding carboxylic acids is 1. The molecule has 0 aliphatic carbocycles. The fourth-order valence-electron chi connectivity index (χ4n) is 8.09. The minimum absolute atomic E-state index is 0.000746. The van der Waals surface area contributed by atoms with Crippen LogP contribution in [0.4, 0.5) is 0 Å². The van der Waals surface area contributed by atoms with Crippen LogP contribution in [0.3, 0.4) is 0 Å². The molecule has 0 saturated carbocycles. The second kappa shape index (κ2) is 19.6. The number of ether oxygens (including phenoxy) is 4. The van der Waals surface area contributed by atoms with E-state index >= 15 is 0 Å². The molecular weight excluding hydrogens is 865 g/mol. The Kier molecular flexibility index (Phi) is 14.0. The molecule has 2 saturated heterocycles. The van der Waals surface area contributed by atoms with Gasteiger partial charge in [0, 0.05) is 53.9 Å². The third-order valence-corrected chi connectivity index (χ3v) is 14.4. The Bertz CT molecular complexity index is 2430. The molecule has 314 valence electrons. The number of aryl methyl sites for hydroxylation is 4. The van der Waals surface area contributed by atoms with Crippen LogP contribution in [0.1, 0.15) is 90.4 Å². The maximum absolute atomic E-state index is 12.6. The Hall–Kier alpha value is -4.03. The zero-order chi connectivity index (χ0) is 42.5. The lowest BCUT2D eigenvalue weighted by Gasteiger charge is -2.42. The molecule has 0 spiro atoms. The molecule has 4 aliphatic heterocycles. The number of thioether (sulfide) groups is 2. The minimum Gasteiger partial charge on any atom is -0.380 e. The van der Waals surface area contributed by atoms with Gasteiger partial charge in [0.15, 0.2) is 18.4 Å². The van der Waals surface area contributed by atoms with Gasteiger partial charge in [-0.15, -0.1) is 23.5 Å². The quantitative estimate of drug-likeness (QED) is 0.183. The summed E-state index contributed by atoms with van der Waals surface area (Å²) in [5.41, 5.74) is 10.9. The Morgan fingerprint density at radius 1 is 0.541 bits per heavy atom. The standard InChI is InChI=1S/C26H26O3S.C17H16OS.C9H9BrO2/c1-17-3-6-19(7-4-17)23-16-30-24-15-18(2)5-12-22(24)26(23,27)21-10-8-20(9-11-21)25-28-13-14-29-25;1-11-3-6-13(7-4-11)15-10-19-16-9-12(2)5-8-14(16)17(15)18;10-8-3-1-7(2-4-8)9-11-5-6-12-9/h3-12,15,23,25,27H,13-14,16H2,1-2H3;3-9,15H,10H2,1-2H3;1-4,9H,5-6H2. The van der Waals surface area contributed by atoms with Crippen molar-refractivity contribution in [3.05, 3.63) is 199 Å². The number of halogens is 1. The van der Waals surface area contributed by atoms with Gasteiger partial charge in [-0.2, -0.15) is 0 Å². The van der Waals surface area contributed by atoms with Gasteiger partial charge < -0.3 is 24.1 Å². The van der Waals surface area contributed by atoms with Gasteiger partial charge in [-0.05, 0) is 85.8 Å². The lowest BCUT2D eigenvalue weighted by atomic mass is 9.73. The number of benzene rings is 6. The first kappa shape index (κ1) is 43.6. The van der Waals surface area contributed by atoms with E-state index in [2.05, 4.69) is 116 Å². The molecule has 3 unspecified atom stereocenters. The highest BCUT2D eigenvalue weighted by Gasteiger charge is 2.45. The highest BCUT2D eigenvalue weighted by Crippen LogP contribution is 2.52. The molecule has 6 nitrogen and oxygen atoms in total. The van der Waals surface area contributed by atoms with Crippen LogP contribution in [-0.2, 0) is 24.5 Å². The summed E-state index contributed by atoms with van der Waals surface area (Å²) in [7, 11) is 0. The molecule has 0 radical (unpaired) electrons. The van der Waals surface area contributed by atoms with E-state index in [1.54, 1.807) is 11.8 Å². The van der Waals surface area contributed by atoms with Gasteiger partial charge in [0.1, 0.15) is 5.60 Å². The Balaban J connectivity index is 0.000000141. The summed E-state index contributed by atoms with van der Waals surface area (Å²) in [6.07, 6.45) is -0.462. The predicted molar refractivity (Wildman–Crippen MR) is 249 cm³/mol. The predicted octanol–water partition coefficient (Wildman–Crippen LogP) is 12.3. The van der Waals surface area contributed by atoms with Crippen molar-refractivity contribution in [1.82, 2.24) is 0 Å². The molecule has 0 amide bonds. The topological polar surface area (TPSA) is 74.2 Å². The van der Waals surface area contributed by atoms with E-state index in [1.807, 2.05) is 72.4 Å². The number of fused-ring (bicyclic) bond motifs is 2. The van der Waals surface area contributed by atoms with Crippen LogP contribution in [0.2, 0.25) is 0 Å². The van der Waals surface area contributed by atoms with Crippen molar-refractivity contribution >= 4 is 45.2 Å². The maximum atomic E-state index is 12.6. The third kappa shape index (κ3) is 9.96. The van der Waals surface area contributed by atoms with Crippen LogP contribution in [0, 0.1) is 27.7 Å². The largest absolute Gasteiger partial charge is 0.380 e. The molecule has 4 heterocycles. The average molecular weight is 916 g/mol. The lowest BCUT2D eigenvalue weighted by molar-refractivity contribution is -0.0443. The van der Waals surface area contributed by atoms with E-state index < -0.39 is 5.60 Å². The van der Waals surface area contributed by atoms with E-state index in [-0.39, 0.29) is 30.2 Å². The zero-order valence-corrected chi connectivity index (χ0v) is 38.2. The van der Waals surface area contributed by atoms with Crippen LogP contribution in [-0.4, -0.2) is 48.8 Å². The fraction of sp³-hybridized carbons (Fsp3) is 0.288. The van der Waals surface area contributed by atoms with E-state index in [9.17, 15) is 9.90 Å². The van der Waals surface area contributed by atoms with Gasteiger partial charge >= 0.3 is 0 Å². The summed E-state index contributed by atoms with van der Waals surface area (Å²) in [4.78, 5) is 14.9. The summed E-state index contributed by atoms with van der Waals surface area (Å²) in [5.74, 6) is 1.90. The van der Waals surface area contributed by atoms with E-state index in [4.69, 9.17) is 18.9 Å². The van der Waals surface area contributed by atoms with Crippen molar-refractivity contribution < 1.29 is 28.8 Å². The van der Waals surface area contributed by atoms with Crippen molar-refractivity contribution in [2.75, 3.05) is 37.9 Å². The van der Waals surface area contributed by atoms with Gasteiger partial charge in [-0.3, -0.25) is 4.79 Å². The summed E-state index contributed by atoms with van der Waals surface area (Å²) in [6.45, 7) is 11.0. The number of Topliss-reactive ketones (excluding diaryl/α,β-unsaturated/α-hetero) is 1. The van der Waals surface area contributed by atoms with Crippen LogP contribution in [0.5, 0.6) is 0 Å². The van der Waals surface area contributed by atoms with Crippen molar-refractivity contribution in [1.29, 1.82) is 0 Å². The Morgan fingerprint density at radius 2 is 1.00 bits per heavy atom. The van der Waals surface area contributed by atoms with E-state index in [0.717, 1.165) is 64.7 Å². The van der Waals surface area contributed by atoms with Crippen LogP contribution < -0.4 is 0 Å². The number of rotatable bonds is 5. The van der Waals surface area contributed by atoms with Crippen molar-refractivity contribution in [3.8, 4) is 0 Å². The molecule has 9 heteroatoms. The first-order valence-electron chi connectivity index (χ1n) is 20.8. The second-order valence-corrected chi connectivity index (χ2v) is 19.0. The third-order valence-electron chi connectivity index (χ3n) is 11.6. The summed E-state index contributed by atoms with van der Waals surface area (Å²) >= 11 is 7.00. The van der Waals surface area contributed by atoms with Gasteiger partial charge in [-0.25, -0.2) is 0 Å². The van der Waals surface area contributed by atoms with E-state index in [0.29, 0.717) is 26.4 Å². The van der Waals surface area contributed by atoms with Gasteiger partial charge in [0.25, 0.3) is 0 Å². The highest BCUT2D eigenvalue weighted by atomic mass is 79.9. The maximum Gasteiger partial charge on any atom is 0.184 e. The monoisotopic (exact) mass is 914 g/mol. The molecule has 2 fully saturated rings. The zero-order valence-electron chi connectivity index (χ0n) is 34.9. The molecule has 6 aromatic rings. The summed E-state index contributed by atoms with van der Waals surface area (Å²) < 4.78 is 23.0. The highest BCUT2D eigenvalue weighted by molar-refractivity contribution is 9.10. The molecule has 6 aromatic carbocycles. The first-order valence-corrected chi connectivity index (χ1v) is 23.5. The van der Waals surface area contributed by atoms with Gasteiger partial charge in [-0.1, -0.05) is 130 Å². The van der Waals surface area contributed by atoms with Crippen molar-refractivity contribution in [3.63, 3.8) is 0 Å².